The normalized spacial score (nSPS) is 14.3. The van der Waals surface area contributed by atoms with Crippen LogP contribution in [0.15, 0.2) is 54.0 Å². The lowest BCUT2D eigenvalue weighted by molar-refractivity contribution is -0.117. The minimum absolute atomic E-state index is 0.0533. The summed E-state index contributed by atoms with van der Waals surface area (Å²) >= 11 is 4.68. The van der Waals surface area contributed by atoms with E-state index in [2.05, 4.69) is 57.8 Å². The second kappa shape index (κ2) is 10.8. The number of carbonyl (C=O) groups excluding carboxylic acids is 1. The number of rotatable bonds is 7. The summed E-state index contributed by atoms with van der Waals surface area (Å²) in [5.74, 6) is 0.383. The summed E-state index contributed by atoms with van der Waals surface area (Å²) in [5, 5.41) is 8.68. The summed E-state index contributed by atoms with van der Waals surface area (Å²) in [5.41, 5.74) is 3.85. The van der Waals surface area contributed by atoms with Gasteiger partial charge in [-0.1, -0.05) is 6.07 Å². The third-order valence-electron chi connectivity index (χ3n) is 5.41. The summed E-state index contributed by atoms with van der Waals surface area (Å²) in [4.78, 5) is 36.1. The van der Waals surface area contributed by atoms with Crippen molar-refractivity contribution in [3.8, 4) is 11.4 Å². The number of anilines is 3. The first kappa shape index (κ1) is 22.6. The largest absolute Gasteiger partial charge is 0.325 e. The second-order valence-electron chi connectivity index (χ2n) is 7.79. The average molecular weight is 461 g/mol. The number of nitrogens with zero attached hydrogens (tertiary/aromatic N) is 6. The number of benzene rings is 1. The number of carbonyl (C=O) groups is 1. The highest BCUT2D eigenvalue weighted by atomic mass is 32.1. The predicted molar refractivity (Wildman–Crippen MR) is 131 cm³/mol. The molecule has 4 rings (SSSR count). The minimum Gasteiger partial charge on any atom is -0.325 e. The molecule has 0 saturated carbocycles. The summed E-state index contributed by atoms with van der Waals surface area (Å²) in [6.07, 6.45) is 8.34. The molecule has 0 radical (unpaired) electrons. The highest BCUT2D eigenvalue weighted by molar-refractivity contribution is 7.78. The molecule has 10 heteroatoms. The van der Waals surface area contributed by atoms with Crippen LogP contribution in [-0.2, 0) is 4.79 Å². The van der Waals surface area contributed by atoms with Crippen molar-refractivity contribution in [1.82, 2.24) is 24.8 Å². The number of aryl methyl sites for hydroxylation is 1. The molecule has 1 aromatic carbocycles. The number of amides is 1. The van der Waals surface area contributed by atoms with Crippen LogP contribution < -0.4 is 10.6 Å². The number of isothiocyanates is 1. The van der Waals surface area contributed by atoms with Gasteiger partial charge in [-0.2, -0.15) is 0 Å². The molecule has 1 aliphatic heterocycles. The fourth-order valence-electron chi connectivity index (χ4n) is 3.63. The molecule has 1 saturated heterocycles. The van der Waals surface area contributed by atoms with Crippen molar-refractivity contribution in [2.45, 2.75) is 25.8 Å². The van der Waals surface area contributed by atoms with Gasteiger partial charge in [0.05, 0.1) is 29.6 Å². The van der Waals surface area contributed by atoms with Gasteiger partial charge >= 0.3 is 0 Å². The molecule has 9 nitrogen and oxygen atoms in total. The van der Waals surface area contributed by atoms with E-state index in [4.69, 9.17) is 0 Å². The first-order valence-corrected chi connectivity index (χ1v) is 11.1. The van der Waals surface area contributed by atoms with E-state index in [0.29, 0.717) is 29.6 Å². The zero-order valence-corrected chi connectivity index (χ0v) is 19.0. The number of aliphatic imine (C=N–C) groups is 1. The molecule has 3 heterocycles. The summed E-state index contributed by atoms with van der Waals surface area (Å²) in [7, 11) is 0. The Morgan fingerprint density at radius 3 is 2.79 bits per heavy atom. The van der Waals surface area contributed by atoms with E-state index in [9.17, 15) is 4.79 Å². The highest BCUT2D eigenvalue weighted by Gasteiger charge is 2.20. The molecule has 168 valence electrons. The standard InChI is InChI=1S/C23H24N8OS/c1-16-2-3-18(28-22(32)14-31-10-5-17(6-11-31)27-15-33)12-20(16)30-23-26-7-4-19(29-23)21-13-24-8-9-25-21/h2-4,7-9,12-13,17H,5-6,10-11,14H2,1H3,(H,28,32)(H,26,29,30). The Bertz CT molecular complexity index is 1160. The molecule has 0 aliphatic carbocycles. The average Bonchev–Trinajstić information content (AvgIpc) is 2.83. The lowest BCUT2D eigenvalue weighted by atomic mass is 10.1. The Hall–Kier alpha value is -3.59. The number of hydrogen-bond acceptors (Lipinski definition) is 9. The number of nitrogens with one attached hydrogen (secondary N) is 2. The monoisotopic (exact) mass is 460 g/mol. The van der Waals surface area contributed by atoms with Crippen molar-refractivity contribution >= 4 is 40.6 Å². The van der Waals surface area contributed by atoms with Crippen molar-refractivity contribution in [3.05, 3.63) is 54.6 Å². The smallest absolute Gasteiger partial charge is 0.238 e. The molecule has 1 fully saturated rings. The quantitative estimate of drug-likeness (QED) is 0.407. The van der Waals surface area contributed by atoms with Crippen molar-refractivity contribution in [1.29, 1.82) is 0 Å². The summed E-state index contributed by atoms with van der Waals surface area (Å²) in [6.45, 7) is 3.96. The van der Waals surface area contributed by atoms with Gasteiger partial charge in [0.1, 0.15) is 5.69 Å². The number of likely N-dealkylation sites (tertiary alicyclic amines) is 1. The molecule has 33 heavy (non-hydrogen) atoms. The van der Waals surface area contributed by atoms with Crippen LogP contribution in [-0.4, -0.2) is 61.6 Å². The van der Waals surface area contributed by atoms with Crippen molar-refractivity contribution in [2.24, 2.45) is 4.99 Å². The Balaban J connectivity index is 1.39. The molecule has 0 atom stereocenters. The maximum absolute atomic E-state index is 12.6. The van der Waals surface area contributed by atoms with Crippen LogP contribution >= 0.6 is 12.2 Å². The van der Waals surface area contributed by atoms with Gasteiger partial charge in [-0.25, -0.2) is 15.0 Å². The fourth-order valence-corrected chi connectivity index (χ4v) is 3.78. The molecule has 1 aliphatic rings. The Labute approximate surface area is 197 Å². The Kier molecular flexibility index (Phi) is 7.41. The van der Waals surface area contributed by atoms with Gasteiger partial charge in [-0.05, 0) is 55.7 Å². The minimum atomic E-state index is -0.0533. The number of piperidine rings is 1. The zero-order valence-electron chi connectivity index (χ0n) is 18.2. The van der Waals surface area contributed by atoms with Gasteiger partial charge < -0.3 is 10.6 Å². The molecule has 3 aromatic rings. The number of thiocarbonyl (C=S) groups is 1. The molecular formula is C23H24N8OS. The number of aromatic nitrogens is 4. The lowest BCUT2D eigenvalue weighted by Gasteiger charge is -2.29. The third kappa shape index (κ3) is 6.23. The van der Waals surface area contributed by atoms with Crippen molar-refractivity contribution < 1.29 is 4.79 Å². The Morgan fingerprint density at radius 2 is 2.03 bits per heavy atom. The maximum atomic E-state index is 12.6. The van der Waals surface area contributed by atoms with Crippen LogP contribution in [0.4, 0.5) is 17.3 Å². The van der Waals surface area contributed by atoms with E-state index in [1.807, 2.05) is 25.1 Å². The van der Waals surface area contributed by atoms with Crippen LogP contribution in [0.3, 0.4) is 0 Å². The van der Waals surface area contributed by atoms with E-state index in [1.54, 1.807) is 30.9 Å². The zero-order chi connectivity index (χ0) is 23.0. The lowest BCUT2D eigenvalue weighted by Crippen LogP contribution is -2.40. The van der Waals surface area contributed by atoms with Crippen molar-refractivity contribution in [3.63, 3.8) is 0 Å². The molecule has 0 spiro atoms. The number of hydrogen-bond donors (Lipinski definition) is 2. The van der Waals surface area contributed by atoms with Crippen molar-refractivity contribution in [2.75, 3.05) is 30.3 Å². The second-order valence-corrected chi connectivity index (χ2v) is 7.97. The molecule has 2 aromatic heterocycles. The Morgan fingerprint density at radius 1 is 1.18 bits per heavy atom. The molecular weight excluding hydrogens is 436 g/mol. The van der Waals surface area contributed by atoms with Crippen LogP contribution in [0.1, 0.15) is 18.4 Å². The van der Waals surface area contributed by atoms with Gasteiger partial charge in [0, 0.05) is 43.1 Å². The first-order chi connectivity index (χ1) is 16.1. The van der Waals surface area contributed by atoms with Crippen LogP contribution in [0, 0.1) is 6.92 Å². The van der Waals surface area contributed by atoms with Gasteiger partial charge in [-0.3, -0.25) is 19.7 Å². The van der Waals surface area contributed by atoms with E-state index >= 15 is 0 Å². The van der Waals surface area contributed by atoms with Gasteiger partial charge in [0.25, 0.3) is 0 Å². The maximum Gasteiger partial charge on any atom is 0.238 e. The fraction of sp³-hybridized carbons (Fsp3) is 0.304. The van der Waals surface area contributed by atoms with Crippen LogP contribution in [0.2, 0.25) is 0 Å². The molecule has 0 unspecified atom stereocenters. The first-order valence-electron chi connectivity index (χ1n) is 10.7. The SMILES string of the molecule is Cc1ccc(NC(=O)CN2CCC(N=C=S)CC2)cc1Nc1nccc(-c2cnccn2)n1. The van der Waals surface area contributed by atoms with Crippen LogP contribution in [0.5, 0.6) is 0 Å². The van der Waals surface area contributed by atoms with E-state index < -0.39 is 0 Å². The van der Waals surface area contributed by atoms with Crippen LogP contribution in [0.25, 0.3) is 11.4 Å². The van der Waals surface area contributed by atoms with Gasteiger partial charge in [-0.15, -0.1) is 0 Å². The van der Waals surface area contributed by atoms with Gasteiger partial charge in [0.15, 0.2) is 0 Å². The predicted octanol–water partition coefficient (Wildman–Crippen LogP) is 3.49. The van der Waals surface area contributed by atoms with E-state index in [-0.39, 0.29) is 11.9 Å². The van der Waals surface area contributed by atoms with Gasteiger partial charge in [0.2, 0.25) is 11.9 Å². The third-order valence-corrected chi connectivity index (χ3v) is 5.51. The topological polar surface area (TPSA) is 108 Å². The van der Waals surface area contributed by atoms with E-state index in [1.165, 1.54) is 0 Å². The summed E-state index contributed by atoms with van der Waals surface area (Å²) in [6, 6.07) is 7.71. The molecule has 1 amide bonds. The molecule has 0 bridgehead atoms. The highest BCUT2D eigenvalue weighted by Crippen LogP contribution is 2.24. The van der Waals surface area contributed by atoms with E-state index in [0.717, 1.165) is 37.2 Å². The molecule has 2 N–H and O–H groups in total. The summed E-state index contributed by atoms with van der Waals surface area (Å²) < 4.78 is 0.